The molecule has 212 valence electrons. The Bertz CT molecular complexity index is 1380. The molecule has 0 bridgehead atoms. The van der Waals surface area contributed by atoms with Crippen molar-refractivity contribution < 1.29 is 22.4 Å². The van der Waals surface area contributed by atoms with E-state index in [0.29, 0.717) is 44.3 Å². The minimum atomic E-state index is -3.88. The Morgan fingerprint density at radius 1 is 0.900 bits per heavy atom. The van der Waals surface area contributed by atoms with Gasteiger partial charge in [-0.05, 0) is 54.7 Å². The lowest BCUT2D eigenvalue weighted by atomic mass is 10.0. The van der Waals surface area contributed by atoms with Crippen molar-refractivity contribution in [3.8, 4) is 0 Å². The Kier molecular flexibility index (Phi) is 10.1. The van der Waals surface area contributed by atoms with Gasteiger partial charge in [0.15, 0.2) is 0 Å². The van der Waals surface area contributed by atoms with Gasteiger partial charge in [0, 0.05) is 32.2 Å². The van der Waals surface area contributed by atoms with Crippen LogP contribution in [0.5, 0.6) is 0 Å². The van der Waals surface area contributed by atoms with Crippen LogP contribution < -0.4 is 0 Å². The number of amides is 2. The highest BCUT2D eigenvalue weighted by Gasteiger charge is 2.33. The maximum Gasteiger partial charge on any atom is 0.243 e. The summed E-state index contributed by atoms with van der Waals surface area (Å²) in [5.41, 5.74) is 1.58. The smallest absolute Gasteiger partial charge is 0.243 e. The molecule has 3 aromatic rings. The van der Waals surface area contributed by atoms with Gasteiger partial charge in [0.1, 0.15) is 5.82 Å². The van der Waals surface area contributed by atoms with Gasteiger partial charge in [0.05, 0.1) is 17.9 Å². The first-order chi connectivity index (χ1) is 19.3. The molecule has 9 heteroatoms. The van der Waals surface area contributed by atoms with Crippen molar-refractivity contribution in [1.82, 2.24) is 14.1 Å². The molecule has 0 saturated carbocycles. The molecule has 40 heavy (non-hydrogen) atoms. The molecule has 4 rings (SSSR count). The summed E-state index contributed by atoms with van der Waals surface area (Å²) in [6, 6.07) is 23.6. The van der Waals surface area contributed by atoms with E-state index in [2.05, 4.69) is 0 Å². The van der Waals surface area contributed by atoms with Crippen molar-refractivity contribution in [2.24, 2.45) is 0 Å². The number of hydrogen-bond acceptors (Lipinski definition) is 4. The first-order valence-corrected chi connectivity index (χ1v) is 15.1. The average Bonchev–Trinajstić information content (AvgIpc) is 2.97. The van der Waals surface area contributed by atoms with Gasteiger partial charge in [-0.15, -0.1) is 0 Å². The normalized spacial score (nSPS) is 14.3. The van der Waals surface area contributed by atoms with E-state index >= 15 is 0 Å². The van der Waals surface area contributed by atoms with E-state index in [1.807, 2.05) is 42.2 Å². The predicted octanol–water partition coefficient (Wildman–Crippen LogP) is 4.49. The Morgan fingerprint density at radius 3 is 2.15 bits per heavy atom. The highest BCUT2D eigenvalue weighted by Crippen LogP contribution is 2.23. The third-order valence-electron chi connectivity index (χ3n) is 7.18. The molecule has 1 fully saturated rings. The summed E-state index contributed by atoms with van der Waals surface area (Å²) >= 11 is 0. The molecule has 7 nitrogen and oxygen atoms in total. The van der Waals surface area contributed by atoms with E-state index in [-0.39, 0.29) is 42.4 Å². The molecule has 0 atom stereocenters. The maximum absolute atomic E-state index is 14.0. The summed E-state index contributed by atoms with van der Waals surface area (Å²) < 4.78 is 42.0. The van der Waals surface area contributed by atoms with E-state index in [1.165, 1.54) is 28.6 Å². The monoisotopic (exact) mass is 565 g/mol. The van der Waals surface area contributed by atoms with E-state index in [1.54, 1.807) is 35.2 Å². The zero-order valence-electron chi connectivity index (χ0n) is 22.8. The molecule has 1 saturated heterocycles. The number of likely N-dealkylation sites (tertiary alicyclic amines) is 1. The van der Waals surface area contributed by atoms with Crippen molar-refractivity contribution in [2.45, 2.75) is 50.1 Å². The van der Waals surface area contributed by atoms with Crippen LogP contribution in [0.4, 0.5) is 4.39 Å². The second kappa shape index (κ2) is 13.7. The fourth-order valence-corrected chi connectivity index (χ4v) is 6.58. The summed E-state index contributed by atoms with van der Waals surface area (Å²) in [6.45, 7) is 2.89. The van der Waals surface area contributed by atoms with Gasteiger partial charge in [-0.3, -0.25) is 9.59 Å². The summed E-state index contributed by atoms with van der Waals surface area (Å²) in [5.74, 6) is -0.701. The van der Waals surface area contributed by atoms with Crippen LogP contribution in [0.1, 0.15) is 37.3 Å². The zero-order valence-corrected chi connectivity index (χ0v) is 23.6. The van der Waals surface area contributed by atoms with Gasteiger partial charge in [0.25, 0.3) is 0 Å². The minimum Gasteiger partial charge on any atom is -0.342 e. The molecule has 0 aromatic heterocycles. The van der Waals surface area contributed by atoms with Crippen LogP contribution in [0.3, 0.4) is 0 Å². The first kappa shape index (κ1) is 29.4. The topological polar surface area (TPSA) is 78.0 Å². The van der Waals surface area contributed by atoms with Crippen LogP contribution in [0.15, 0.2) is 89.8 Å². The molecule has 0 N–H and O–H groups in total. The fraction of sp³-hybridized carbons (Fsp3) is 0.355. The van der Waals surface area contributed by atoms with Crippen LogP contribution in [-0.4, -0.2) is 66.6 Å². The van der Waals surface area contributed by atoms with E-state index in [4.69, 9.17) is 0 Å². The SMILES string of the molecule is CCCN(CC(=O)N(Cc1cccc(F)c1)C1CCN(C(=O)Cc2ccccc2)CC1)S(=O)(=O)c1ccccc1. The Morgan fingerprint density at radius 2 is 1.52 bits per heavy atom. The number of nitrogens with zero attached hydrogens (tertiary/aromatic N) is 3. The second-order valence-electron chi connectivity index (χ2n) is 10.1. The summed E-state index contributed by atoms with van der Waals surface area (Å²) in [4.78, 5) is 30.3. The molecular weight excluding hydrogens is 529 g/mol. The van der Waals surface area contributed by atoms with Crippen molar-refractivity contribution in [1.29, 1.82) is 0 Å². The predicted molar refractivity (Wildman–Crippen MR) is 152 cm³/mol. The van der Waals surface area contributed by atoms with Crippen LogP contribution in [0.25, 0.3) is 0 Å². The highest BCUT2D eigenvalue weighted by atomic mass is 32.2. The molecule has 0 spiro atoms. The lowest BCUT2D eigenvalue weighted by molar-refractivity contribution is -0.137. The molecule has 2 amide bonds. The lowest BCUT2D eigenvalue weighted by Gasteiger charge is -2.39. The fourth-order valence-electron chi connectivity index (χ4n) is 5.08. The first-order valence-electron chi connectivity index (χ1n) is 13.7. The van der Waals surface area contributed by atoms with Crippen LogP contribution in [-0.2, 0) is 32.6 Å². The van der Waals surface area contributed by atoms with Gasteiger partial charge < -0.3 is 9.80 Å². The number of hydrogen-bond donors (Lipinski definition) is 0. The Balaban J connectivity index is 1.50. The summed E-state index contributed by atoms with van der Waals surface area (Å²) in [6.07, 6.45) is 1.98. The van der Waals surface area contributed by atoms with Crippen LogP contribution >= 0.6 is 0 Å². The van der Waals surface area contributed by atoms with Crippen LogP contribution in [0, 0.1) is 5.82 Å². The van der Waals surface area contributed by atoms with Crippen molar-refractivity contribution in [3.05, 3.63) is 102 Å². The molecule has 1 aliphatic heterocycles. The van der Waals surface area contributed by atoms with Gasteiger partial charge in [-0.1, -0.05) is 67.6 Å². The molecule has 1 heterocycles. The number of sulfonamides is 1. The molecular formula is C31H36FN3O4S. The third-order valence-corrected chi connectivity index (χ3v) is 9.04. The van der Waals surface area contributed by atoms with Crippen molar-refractivity contribution in [3.63, 3.8) is 0 Å². The molecule has 0 unspecified atom stereocenters. The Hall–Kier alpha value is -3.56. The molecule has 0 radical (unpaired) electrons. The second-order valence-corrected chi connectivity index (χ2v) is 12.0. The maximum atomic E-state index is 14.0. The number of piperidine rings is 1. The Labute approximate surface area is 236 Å². The highest BCUT2D eigenvalue weighted by molar-refractivity contribution is 7.89. The van der Waals surface area contributed by atoms with Crippen molar-refractivity contribution in [2.75, 3.05) is 26.2 Å². The van der Waals surface area contributed by atoms with E-state index < -0.39 is 15.8 Å². The van der Waals surface area contributed by atoms with Gasteiger partial charge in [0.2, 0.25) is 21.8 Å². The van der Waals surface area contributed by atoms with E-state index in [0.717, 1.165) is 5.56 Å². The number of rotatable bonds is 11. The number of carbonyl (C=O) groups is 2. The van der Waals surface area contributed by atoms with Gasteiger partial charge in [-0.25, -0.2) is 12.8 Å². The molecule has 0 aliphatic carbocycles. The number of halogens is 1. The standard InChI is InChI=1S/C31H36FN3O4S/c1-2-18-34(40(38,39)29-14-7-4-8-15-29)24-31(37)35(23-26-12-9-13-27(32)21-26)28-16-19-33(20-17-28)30(36)22-25-10-5-3-6-11-25/h3-15,21,28H,2,16-20,22-24H2,1H3. The van der Waals surface area contributed by atoms with Gasteiger partial charge in [-0.2, -0.15) is 4.31 Å². The zero-order chi connectivity index (χ0) is 28.5. The van der Waals surface area contributed by atoms with Crippen molar-refractivity contribution >= 4 is 21.8 Å². The molecule has 1 aliphatic rings. The lowest BCUT2D eigenvalue weighted by Crippen LogP contribution is -2.51. The summed E-state index contributed by atoms with van der Waals surface area (Å²) in [7, 11) is -3.88. The summed E-state index contributed by atoms with van der Waals surface area (Å²) in [5, 5.41) is 0. The minimum absolute atomic E-state index is 0.0377. The average molecular weight is 566 g/mol. The van der Waals surface area contributed by atoms with Crippen LogP contribution in [0.2, 0.25) is 0 Å². The number of carbonyl (C=O) groups excluding carboxylic acids is 2. The quantitative estimate of drug-likeness (QED) is 0.343. The largest absolute Gasteiger partial charge is 0.342 e. The molecule has 3 aromatic carbocycles. The van der Waals surface area contributed by atoms with E-state index in [9.17, 15) is 22.4 Å². The number of benzene rings is 3. The van der Waals surface area contributed by atoms with Gasteiger partial charge >= 0.3 is 0 Å². The third kappa shape index (κ3) is 7.55.